The third kappa shape index (κ3) is 1.40. The van der Waals surface area contributed by atoms with Crippen LogP contribution in [0.25, 0.3) is 0 Å². The van der Waals surface area contributed by atoms with Crippen molar-refractivity contribution in [3.63, 3.8) is 0 Å². The quantitative estimate of drug-likeness (QED) is 0.593. The number of ether oxygens (including phenoxy) is 1. The lowest BCUT2D eigenvalue weighted by atomic mass is 10.2. The lowest BCUT2D eigenvalue weighted by Gasteiger charge is -2.18. The number of aliphatic hydroxyl groups excluding tert-OH is 1. The molecule has 1 rings (SSSR count). The summed E-state index contributed by atoms with van der Waals surface area (Å²) in [6, 6.07) is -0.398. The fraction of sp³-hybridized carbons (Fsp3) is 0.714. The van der Waals surface area contributed by atoms with Crippen molar-refractivity contribution < 1.29 is 19.4 Å². The van der Waals surface area contributed by atoms with Crippen LogP contribution >= 0.6 is 0 Å². The summed E-state index contributed by atoms with van der Waals surface area (Å²) in [7, 11) is 1.21. The van der Waals surface area contributed by atoms with Crippen molar-refractivity contribution >= 4 is 12.0 Å². The summed E-state index contributed by atoms with van der Waals surface area (Å²) in [5.41, 5.74) is 0. The molecule has 5 heteroatoms. The Bertz CT molecular complexity index is 204. The fourth-order valence-electron chi connectivity index (χ4n) is 1.27. The molecule has 68 valence electrons. The fourth-order valence-corrected chi connectivity index (χ4v) is 1.27. The summed E-state index contributed by atoms with van der Waals surface area (Å²) in [4.78, 5) is 23.0. The van der Waals surface area contributed by atoms with Crippen LogP contribution < -0.4 is 0 Å². The van der Waals surface area contributed by atoms with Gasteiger partial charge in [-0.15, -0.1) is 0 Å². The van der Waals surface area contributed by atoms with Crippen LogP contribution in [0.15, 0.2) is 0 Å². The van der Waals surface area contributed by atoms with Crippen LogP contribution in [0, 0.1) is 0 Å². The van der Waals surface area contributed by atoms with Gasteiger partial charge in [-0.25, -0.2) is 9.69 Å². The Morgan fingerprint density at radius 1 is 1.83 bits per heavy atom. The van der Waals surface area contributed by atoms with E-state index in [4.69, 9.17) is 5.11 Å². The van der Waals surface area contributed by atoms with Crippen molar-refractivity contribution in [2.75, 3.05) is 13.7 Å². The van der Waals surface area contributed by atoms with Gasteiger partial charge in [-0.05, 0) is 6.42 Å². The van der Waals surface area contributed by atoms with Crippen LogP contribution in [-0.4, -0.2) is 41.8 Å². The van der Waals surface area contributed by atoms with E-state index in [1.807, 2.05) is 0 Å². The van der Waals surface area contributed by atoms with Gasteiger partial charge in [0.05, 0.1) is 19.8 Å². The van der Waals surface area contributed by atoms with Crippen LogP contribution in [0.1, 0.15) is 12.8 Å². The minimum absolute atomic E-state index is 0.194. The third-order valence-corrected chi connectivity index (χ3v) is 1.91. The van der Waals surface area contributed by atoms with Crippen molar-refractivity contribution in [3.05, 3.63) is 0 Å². The molecular weight excluding hydrogens is 162 g/mol. The highest BCUT2D eigenvalue weighted by Gasteiger charge is 2.35. The molecule has 1 aliphatic rings. The van der Waals surface area contributed by atoms with Crippen molar-refractivity contribution in [1.82, 2.24) is 4.90 Å². The zero-order valence-electron chi connectivity index (χ0n) is 6.82. The molecule has 0 aromatic carbocycles. The minimum Gasteiger partial charge on any atom is -0.452 e. The normalized spacial score (nSPS) is 23.0. The number of carbonyl (C=O) groups excluding carboxylic acids is 2. The number of imide groups is 1. The van der Waals surface area contributed by atoms with Crippen LogP contribution in [0.4, 0.5) is 4.79 Å². The number of methoxy groups -OCH3 is 1. The van der Waals surface area contributed by atoms with E-state index in [1.165, 1.54) is 7.11 Å². The van der Waals surface area contributed by atoms with Gasteiger partial charge in [0.1, 0.15) is 0 Å². The number of amides is 2. The van der Waals surface area contributed by atoms with E-state index in [1.54, 1.807) is 0 Å². The van der Waals surface area contributed by atoms with E-state index in [0.29, 0.717) is 12.8 Å². The number of hydrogen-bond acceptors (Lipinski definition) is 4. The molecule has 1 heterocycles. The molecule has 0 aliphatic carbocycles. The van der Waals surface area contributed by atoms with Gasteiger partial charge in [-0.1, -0.05) is 0 Å². The van der Waals surface area contributed by atoms with Gasteiger partial charge >= 0.3 is 6.09 Å². The molecule has 0 radical (unpaired) electrons. The second-order valence-corrected chi connectivity index (χ2v) is 2.61. The maximum absolute atomic E-state index is 11.1. The zero-order valence-corrected chi connectivity index (χ0v) is 6.82. The molecule has 0 spiro atoms. The van der Waals surface area contributed by atoms with Gasteiger partial charge in [0.25, 0.3) is 0 Å². The standard InChI is InChI=1S/C7H11NO4/c1-12-7(11)8-5(4-9)2-3-6(8)10/h5,9H,2-4H2,1H3/t5-/m0/s1. The van der Waals surface area contributed by atoms with Gasteiger partial charge < -0.3 is 9.84 Å². The molecule has 0 unspecified atom stereocenters. The van der Waals surface area contributed by atoms with Gasteiger partial charge in [0.2, 0.25) is 5.91 Å². The number of nitrogens with zero attached hydrogens (tertiary/aromatic N) is 1. The summed E-state index contributed by atoms with van der Waals surface area (Å²) in [5, 5.41) is 8.80. The highest BCUT2D eigenvalue weighted by atomic mass is 16.5. The SMILES string of the molecule is COC(=O)N1C(=O)CC[C@H]1CO. The predicted molar refractivity (Wildman–Crippen MR) is 39.4 cm³/mol. The molecule has 0 aromatic heterocycles. The van der Waals surface area contributed by atoms with Crippen LogP contribution in [0.2, 0.25) is 0 Å². The Kier molecular flexibility index (Phi) is 2.65. The van der Waals surface area contributed by atoms with Crippen molar-refractivity contribution in [3.8, 4) is 0 Å². The van der Waals surface area contributed by atoms with Crippen molar-refractivity contribution in [2.24, 2.45) is 0 Å². The Balaban J connectivity index is 2.70. The first-order valence-corrected chi connectivity index (χ1v) is 3.71. The number of likely N-dealkylation sites (tertiary alicyclic amines) is 1. The summed E-state index contributed by atoms with van der Waals surface area (Å²) in [6.45, 7) is -0.194. The molecule has 0 aromatic rings. The molecule has 1 aliphatic heterocycles. The average Bonchev–Trinajstić information content (AvgIpc) is 2.45. The van der Waals surface area contributed by atoms with Crippen LogP contribution in [-0.2, 0) is 9.53 Å². The largest absolute Gasteiger partial charge is 0.452 e. The number of rotatable bonds is 1. The summed E-state index contributed by atoms with van der Waals surface area (Å²) in [5.74, 6) is -0.277. The molecule has 0 bridgehead atoms. The monoisotopic (exact) mass is 173 g/mol. The van der Waals surface area contributed by atoms with Crippen molar-refractivity contribution in [2.45, 2.75) is 18.9 Å². The average molecular weight is 173 g/mol. The molecule has 1 fully saturated rings. The lowest BCUT2D eigenvalue weighted by molar-refractivity contribution is -0.127. The molecular formula is C7H11NO4. The smallest absolute Gasteiger partial charge is 0.416 e. The second kappa shape index (κ2) is 3.53. The molecule has 1 N–H and O–H groups in total. The minimum atomic E-state index is -0.684. The van der Waals surface area contributed by atoms with Gasteiger partial charge in [-0.2, -0.15) is 0 Å². The molecule has 5 nitrogen and oxygen atoms in total. The van der Waals surface area contributed by atoms with E-state index in [-0.39, 0.29) is 12.5 Å². The second-order valence-electron chi connectivity index (χ2n) is 2.61. The third-order valence-electron chi connectivity index (χ3n) is 1.91. The Morgan fingerprint density at radius 2 is 2.50 bits per heavy atom. The topological polar surface area (TPSA) is 66.8 Å². The Hall–Kier alpha value is -1.10. The van der Waals surface area contributed by atoms with Crippen LogP contribution in [0.3, 0.4) is 0 Å². The van der Waals surface area contributed by atoms with Crippen molar-refractivity contribution in [1.29, 1.82) is 0 Å². The zero-order chi connectivity index (χ0) is 9.14. The van der Waals surface area contributed by atoms with E-state index in [9.17, 15) is 9.59 Å². The molecule has 12 heavy (non-hydrogen) atoms. The van der Waals surface area contributed by atoms with E-state index in [2.05, 4.69) is 4.74 Å². The first-order valence-electron chi connectivity index (χ1n) is 3.71. The molecule has 1 atom stereocenters. The first-order chi connectivity index (χ1) is 5.70. The molecule has 2 amide bonds. The van der Waals surface area contributed by atoms with Crippen LogP contribution in [0.5, 0.6) is 0 Å². The maximum Gasteiger partial charge on any atom is 0.416 e. The Morgan fingerprint density at radius 3 is 3.00 bits per heavy atom. The first kappa shape index (κ1) is 8.99. The van der Waals surface area contributed by atoms with E-state index >= 15 is 0 Å². The summed E-state index contributed by atoms with van der Waals surface area (Å²) < 4.78 is 4.39. The molecule has 1 saturated heterocycles. The van der Waals surface area contributed by atoms with Gasteiger partial charge in [0.15, 0.2) is 0 Å². The highest BCUT2D eigenvalue weighted by molar-refractivity contribution is 5.94. The Labute approximate surface area is 69.9 Å². The molecule has 0 saturated carbocycles. The predicted octanol–water partition coefficient (Wildman–Crippen LogP) is -0.264. The number of aliphatic hydroxyl groups is 1. The number of hydrogen-bond donors (Lipinski definition) is 1. The van der Waals surface area contributed by atoms with E-state index in [0.717, 1.165) is 4.90 Å². The van der Waals surface area contributed by atoms with Gasteiger partial charge in [0, 0.05) is 6.42 Å². The number of carbonyl (C=O) groups is 2. The van der Waals surface area contributed by atoms with E-state index < -0.39 is 12.1 Å². The van der Waals surface area contributed by atoms with Gasteiger partial charge in [-0.3, -0.25) is 4.79 Å². The highest BCUT2D eigenvalue weighted by Crippen LogP contribution is 2.18. The maximum atomic E-state index is 11.1. The lowest BCUT2D eigenvalue weighted by Crippen LogP contribution is -2.40. The summed E-state index contributed by atoms with van der Waals surface area (Å²) in [6.07, 6.45) is 0.140. The summed E-state index contributed by atoms with van der Waals surface area (Å²) >= 11 is 0.